The number of halogens is 4. The van der Waals surface area contributed by atoms with Gasteiger partial charge in [0.2, 0.25) is 0 Å². The lowest BCUT2D eigenvalue weighted by atomic mass is 10.2. The molecule has 19 heavy (non-hydrogen) atoms. The van der Waals surface area contributed by atoms with Crippen LogP contribution < -0.4 is 10.1 Å². The molecule has 0 aromatic carbocycles. The molecule has 0 aliphatic carbocycles. The van der Waals surface area contributed by atoms with E-state index in [1.807, 2.05) is 0 Å². The second kappa shape index (κ2) is 4.92. The topological polar surface area (TPSA) is 64.1 Å². The molecule has 9 heteroatoms. The van der Waals surface area contributed by atoms with Crippen molar-refractivity contribution < 1.29 is 27.1 Å². The number of carbonyl (C=O) groups is 1. The van der Waals surface area contributed by atoms with Gasteiger partial charge in [-0.2, -0.15) is 18.2 Å². The number of carbonyl (C=O) groups excluding carboxylic acids is 1. The summed E-state index contributed by atoms with van der Waals surface area (Å²) in [4.78, 5) is 17.3. The molecule has 0 bridgehead atoms. The van der Waals surface area contributed by atoms with Crippen molar-refractivity contribution in [1.82, 2.24) is 15.3 Å². The van der Waals surface area contributed by atoms with E-state index in [0.29, 0.717) is 24.9 Å². The van der Waals surface area contributed by atoms with Gasteiger partial charge in [-0.05, 0) is 5.57 Å². The van der Waals surface area contributed by atoms with E-state index in [1.54, 1.807) is 6.08 Å². The highest BCUT2D eigenvalue weighted by Gasteiger charge is 2.42. The van der Waals surface area contributed by atoms with Gasteiger partial charge >= 0.3 is 18.2 Å². The van der Waals surface area contributed by atoms with E-state index < -0.39 is 24.0 Å². The third-order valence-corrected chi connectivity index (χ3v) is 2.25. The van der Waals surface area contributed by atoms with Crippen LogP contribution in [-0.2, 0) is 4.79 Å². The van der Waals surface area contributed by atoms with E-state index in [0.717, 1.165) is 0 Å². The number of rotatable bonds is 2. The summed E-state index contributed by atoms with van der Waals surface area (Å²) in [6.07, 6.45) is -2.88. The Kier molecular flexibility index (Phi) is 3.47. The lowest BCUT2D eigenvalue weighted by Gasteiger charge is -2.07. The van der Waals surface area contributed by atoms with Crippen LogP contribution in [0.4, 0.5) is 17.6 Å². The van der Waals surface area contributed by atoms with E-state index in [9.17, 15) is 22.4 Å². The number of ether oxygens (including phenoxy) is 1. The van der Waals surface area contributed by atoms with Crippen LogP contribution in [0.3, 0.4) is 0 Å². The highest BCUT2D eigenvalue weighted by atomic mass is 19.4. The number of alkyl halides is 3. The Morgan fingerprint density at radius 1 is 1.42 bits per heavy atom. The van der Waals surface area contributed by atoms with Gasteiger partial charge in [0, 0.05) is 13.1 Å². The molecular formula is C10H7F4N3O2. The van der Waals surface area contributed by atoms with E-state index in [1.165, 1.54) is 0 Å². The first-order chi connectivity index (χ1) is 8.88. The van der Waals surface area contributed by atoms with Gasteiger partial charge in [-0.1, -0.05) is 6.08 Å². The Balaban J connectivity index is 2.24. The number of nitrogens with zero attached hydrogens (tertiary/aromatic N) is 2. The Labute approximate surface area is 104 Å². The second-order valence-electron chi connectivity index (χ2n) is 3.60. The zero-order valence-electron chi connectivity index (χ0n) is 9.29. The summed E-state index contributed by atoms with van der Waals surface area (Å²) in [6.45, 7) is 0.817. The van der Waals surface area contributed by atoms with Crippen molar-refractivity contribution in [3.8, 4) is 6.01 Å². The first-order valence-corrected chi connectivity index (χ1v) is 5.09. The van der Waals surface area contributed by atoms with Crippen molar-refractivity contribution in [2.24, 2.45) is 0 Å². The third kappa shape index (κ3) is 3.05. The molecular weight excluding hydrogens is 270 g/mol. The van der Waals surface area contributed by atoms with Crippen molar-refractivity contribution in [3.05, 3.63) is 23.8 Å². The molecule has 0 spiro atoms. The van der Waals surface area contributed by atoms with Gasteiger partial charge in [0.1, 0.15) is 5.69 Å². The maximum absolute atomic E-state index is 13.4. The molecule has 0 amide bonds. The van der Waals surface area contributed by atoms with Gasteiger partial charge in [-0.25, -0.2) is 14.2 Å². The van der Waals surface area contributed by atoms with Gasteiger partial charge in [0.15, 0.2) is 5.82 Å². The Morgan fingerprint density at radius 2 is 2.16 bits per heavy atom. The maximum atomic E-state index is 13.4. The van der Waals surface area contributed by atoms with E-state index >= 15 is 0 Å². The first kappa shape index (κ1) is 13.4. The second-order valence-corrected chi connectivity index (χ2v) is 3.60. The zero-order chi connectivity index (χ0) is 14.0. The molecule has 0 saturated heterocycles. The molecule has 1 aromatic heterocycles. The molecule has 0 saturated carbocycles. The van der Waals surface area contributed by atoms with Crippen LogP contribution in [0.5, 0.6) is 6.01 Å². The highest BCUT2D eigenvalue weighted by molar-refractivity contribution is 5.77. The van der Waals surface area contributed by atoms with Gasteiger partial charge in [0.05, 0.1) is 6.20 Å². The summed E-state index contributed by atoms with van der Waals surface area (Å²) in [5.41, 5.74) is 0.272. The standard InChI is InChI=1S/C10H7F4N3O2/c11-6-4-16-9(19-8(18)10(12,13)14)17-7(6)5-1-2-15-3-5/h1,4,15H,2-3H2. The summed E-state index contributed by atoms with van der Waals surface area (Å²) < 4.78 is 53.3. The molecule has 0 atom stereocenters. The van der Waals surface area contributed by atoms with Crippen molar-refractivity contribution in [3.63, 3.8) is 0 Å². The minimum Gasteiger partial charge on any atom is -0.384 e. The van der Waals surface area contributed by atoms with Gasteiger partial charge in [-0.3, -0.25) is 0 Å². The summed E-state index contributed by atoms with van der Waals surface area (Å²) in [5, 5.41) is 2.88. The molecule has 1 aliphatic rings. The van der Waals surface area contributed by atoms with Crippen molar-refractivity contribution in [2.75, 3.05) is 13.1 Å². The predicted molar refractivity (Wildman–Crippen MR) is 54.5 cm³/mol. The van der Waals surface area contributed by atoms with Crippen LogP contribution in [0.15, 0.2) is 12.3 Å². The Morgan fingerprint density at radius 3 is 2.74 bits per heavy atom. The van der Waals surface area contributed by atoms with Crippen LogP contribution in [0.2, 0.25) is 0 Å². The SMILES string of the molecule is O=C(Oc1ncc(F)c(C2=CCNC2)n1)C(F)(F)F. The minimum absolute atomic E-state index is 0.190. The predicted octanol–water partition coefficient (Wildman–Crippen LogP) is 1.07. The first-order valence-electron chi connectivity index (χ1n) is 5.09. The molecule has 2 rings (SSSR count). The fourth-order valence-electron chi connectivity index (χ4n) is 1.42. The third-order valence-electron chi connectivity index (χ3n) is 2.25. The van der Waals surface area contributed by atoms with Crippen LogP contribution in [0.25, 0.3) is 5.57 Å². The fraction of sp³-hybridized carbons (Fsp3) is 0.300. The Hall–Kier alpha value is -2.03. The maximum Gasteiger partial charge on any atom is 0.491 e. The molecule has 0 unspecified atom stereocenters. The number of esters is 1. The van der Waals surface area contributed by atoms with Crippen LogP contribution in [-0.4, -0.2) is 35.2 Å². The molecule has 0 radical (unpaired) electrons. The summed E-state index contributed by atoms with van der Waals surface area (Å²) in [5.74, 6) is -3.26. The number of hydrogen-bond acceptors (Lipinski definition) is 5. The minimum atomic E-state index is -5.16. The highest BCUT2D eigenvalue weighted by Crippen LogP contribution is 2.21. The smallest absolute Gasteiger partial charge is 0.384 e. The van der Waals surface area contributed by atoms with E-state index in [4.69, 9.17) is 0 Å². The average Bonchev–Trinajstić information content (AvgIpc) is 2.83. The molecule has 102 valence electrons. The molecule has 5 nitrogen and oxygen atoms in total. The molecule has 0 fully saturated rings. The number of aromatic nitrogens is 2. The van der Waals surface area contributed by atoms with Crippen LogP contribution in [0, 0.1) is 5.82 Å². The van der Waals surface area contributed by atoms with Crippen molar-refractivity contribution in [2.45, 2.75) is 6.18 Å². The average molecular weight is 277 g/mol. The summed E-state index contributed by atoms with van der Waals surface area (Å²) >= 11 is 0. The van der Waals surface area contributed by atoms with Crippen molar-refractivity contribution in [1.29, 1.82) is 0 Å². The molecule has 2 heterocycles. The van der Waals surface area contributed by atoms with Gasteiger partial charge < -0.3 is 10.1 Å². The summed E-state index contributed by atoms with van der Waals surface area (Å²) in [7, 11) is 0. The van der Waals surface area contributed by atoms with Crippen LogP contribution in [0.1, 0.15) is 5.69 Å². The largest absolute Gasteiger partial charge is 0.491 e. The number of nitrogens with one attached hydrogen (secondary N) is 1. The lowest BCUT2D eigenvalue weighted by Crippen LogP contribution is -2.28. The Bertz CT molecular complexity index is 542. The van der Waals surface area contributed by atoms with Gasteiger partial charge in [-0.15, -0.1) is 0 Å². The van der Waals surface area contributed by atoms with Crippen molar-refractivity contribution >= 4 is 11.5 Å². The molecule has 1 aromatic rings. The van der Waals surface area contributed by atoms with Gasteiger partial charge in [0.25, 0.3) is 0 Å². The number of hydrogen-bond donors (Lipinski definition) is 1. The summed E-state index contributed by atoms with van der Waals surface area (Å²) in [6, 6.07) is -0.841. The van der Waals surface area contributed by atoms with E-state index in [2.05, 4.69) is 20.0 Å². The fourth-order valence-corrected chi connectivity index (χ4v) is 1.42. The quantitative estimate of drug-likeness (QED) is 0.647. The molecule has 1 N–H and O–H groups in total. The van der Waals surface area contributed by atoms with Crippen LogP contribution >= 0.6 is 0 Å². The zero-order valence-corrected chi connectivity index (χ0v) is 9.29. The normalized spacial score (nSPS) is 15.3. The monoisotopic (exact) mass is 277 g/mol. The molecule has 1 aliphatic heterocycles. The van der Waals surface area contributed by atoms with E-state index in [-0.39, 0.29) is 5.69 Å². The lowest BCUT2D eigenvalue weighted by molar-refractivity contribution is -0.190.